The number of para-hydroxylation sites is 3. The van der Waals surface area contributed by atoms with Crippen LogP contribution < -0.4 is 10.9 Å². The fourth-order valence-electron chi connectivity index (χ4n) is 3.68. The van der Waals surface area contributed by atoms with Gasteiger partial charge in [0.25, 0.3) is 5.56 Å². The van der Waals surface area contributed by atoms with Crippen molar-refractivity contribution in [3.05, 3.63) is 107 Å². The molecule has 0 saturated heterocycles. The number of aromatic nitrogens is 4. The van der Waals surface area contributed by atoms with Crippen LogP contribution in [0, 0.1) is 6.92 Å². The summed E-state index contributed by atoms with van der Waals surface area (Å²) in [7, 11) is 0. The highest BCUT2D eigenvalue weighted by molar-refractivity contribution is 7.99. The smallest absolute Gasteiger partial charge is 0.266 e. The monoisotopic (exact) mass is 467 g/mol. The van der Waals surface area contributed by atoms with Crippen LogP contribution in [0.3, 0.4) is 0 Å². The molecule has 2 aromatic heterocycles. The molecule has 0 radical (unpaired) electrons. The van der Waals surface area contributed by atoms with Crippen molar-refractivity contribution in [1.29, 1.82) is 0 Å². The molecule has 5 rings (SSSR count). The van der Waals surface area contributed by atoms with Gasteiger partial charge in [-0.3, -0.25) is 14.2 Å². The third-order valence-corrected chi connectivity index (χ3v) is 6.13. The van der Waals surface area contributed by atoms with Crippen LogP contribution in [0.5, 0.6) is 0 Å². The second kappa shape index (κ2) is 9.36. The molecule has 1 amide bonds. The molecule has 0 fully saturated rings. The van der Waals surface area contributed by atoms with E-state index in [1.807, 2.05) is 85.8 Å². The Hall–Kier alpha value is -4.17. The number of carbonyl (C=O) groups excluding carboxylic acids is 1. The maximum Gasteiger partial charge on any atom is 0.266 e. The van der Waals surface area contributed by atoms with Gasteiger partial charge in [0.2, 0.25) is 5.91 Å². The van der Waals surface area contributed by atoms with Crippen molar-refractivity contribution < 1.29 is 4.79 Å². The zero-order valence-electron chi connectivity index (χ0n) is 18.4. The van der Waals surface area contributed by atoms with Crippen LogP contribution in [0.2, 0.25) is 0 Å². The van der Waals surface area contributed by atoms with Gasteiger partial charge in [0.05, 0.1) is 33.7 Å². The average molecular weight is 468 g/mol. The van der Waals surface area contributed by atoms with Gasteiger partial charge in [-0.15, -0.1) is 0 Å². The van der Waals surface area contributed by atoms with Gasteiger partial charge in [-0.25, -0.2) is 9.67 Å². The number of hydrogen-bond acceptors (Lipinski definition) is 5. The van der Waals surface area contributed by atoms with Crippen molar-refractivity contribution in [2.24, 2.45) is 0 Å². The molecule has 2 heterocycles. The van der Waals surface area contributed by atoms with E-state index in [2.05, 4.69) is 15.4 Å². The number of nitrogens with zero attached hydrogens (tertiary/aromatic N) is 4. The molecule has 0 saturated carbocycles. The van der Waals surface area contributed by atoms with Crippen LogP contribution in [0.15, 0.2) is 101 Å². The number of hydrogen-bond donors (Lipinski definition) is 1. The molecule has 168 valence electrons. The Labute approximate surface area is 200 Å². The Balaban J connectivity index is 1.43. The molecule has 3 aromatic carbocycles. The van der Waals surface area contributed by atoms with E-state index in [-0.39, 0.29) is 17.2 Å². The third-order valence-electron chi connectivity index (χ3n) is 5.19. The maximum absolute atomic E-state index is 13.3. The number of fused-ring (bicyclic) bond motifs is 1. The van der Waals surface area contributed by atoms with E-state index in [1.54, 1.807) is 21.4 Å². The lowest BCUT2D eigenvalue weighted by molar-refractivity contribution is -0.113. The van der Waals surface area contributed by atoms with Crippen LogP contribution >= 0.6 is 11.8 Å². The van der Waals surface area contributed by atoms with Gasteiger partial charge in [0.15, 0.2) is 5.16 Å². The largest absolute Gasteiger partial charge is 0.310 e. The molecule has 0 spiro atoms. The van der Waals surface area contributed by atoms with Gasteiger partial charge in [0, 0.05) is 6.07 Å². The summed E-state index contributed by atoms with van der Waals surface area (Å²) in [5.41, 5.74) is 2.78. The van der Waals surface area contributed by atoms with Crippen LogP contribution in [0.1, 0.15) is 5.69 Å². The summed E-state index contributed by atoms with van der Waals surface area (Å²) >= 11 is 1.22. The summed E-state index contributed by atoms with van der Waals surface area (Å²) in [4.78, 5) is 30.9. The quantitative estimate of drug-likeness (QED) is 0.291. The predicted octanol–water partition coefficient (Wildman–Crippen LogP) is 4.61. The van der Waals surface area contributed by atoms with E-state index in [0.717, 1.165) is 11.4 Å². The van der Waals surface area contributed by atoms with E-state index in [9.17, 15) is 9.59 Å². The number of nitrogens with one attached hydrogen (secondary N) is 1. The molecule has 0 atom stereocenters. The second-order valence-electron chi connectivity index (χ2n) is 7.64. The highest BCUT2D eigenvalue weighted by Gasteiger charge is 2.16. The lowest BCUT2D eigenvalue weighted by Crippen LogP contribution is -2.23. The number of anilines is 1. The fourth-order valence-corrected chi connectivity index (χ4v) is 4.49. The Bertz CT molecular complexity index is 1530. The number of thioether (sulfide) groups is 1. The van der Waals surface area contributed by atoms with Crippen LogP contribution in [-0.2, 0) is 4.79 Å². The summed E-state index contributed by atoms with van der Waals surface area (Å²) in [6, 6.07) is 28.0. The van der Waals surface area contributed by atoms with E-state index >= 15 is 0 Å². The molecule has 8 heteroatoms. The Morgan fingerprint density at radius 1 is 0.912 bits per heavy atom. The molecule has 5 aromatic rings. The van der Waals surface area contributed by atoms with E-state index in [4.69, 9.17) is 0 Å². The molecule has 0 aliphatic carbocycles. The minimum atomic E-state index is -0.218. The zero-order chi connectivity index (χ0) is 23.5. The van der Waals surface area contributed by atoms with Gasteiger partial charge < -0.3 is 5.32 Å². The van der Waals surface area contributed by atoms with Crippen molar-refractivity contribution in [2.45, 2.75) is 12.1 Å². The SMILES string of the molecule is Cc1cc(NC(=O)CSc2nc3ccccc3c(=O)n2-c2ccccc2)n(-c2ccccc2)n1. The van der Waals surface area contributed by atoms with Crippen molar-refractivity contribution in [1.82, 2.24) is 19.3 Å². The molecule has 0 bridgehead atoms. The van der Waals surface area contributed by atoms with Gasteiger partial charge in [0.1, 0.15) is 5.82 Å². The average Bonchev–Trinajstić information content (AvgIpc) is 3.23. The van der Waals surface area contributed by atoms with E-state index in [0.29, 0.717) is 27.6 Å². The lowest BCUT2D eigenvalue weighted by Gasteiger charge is -2.13. The Kier molecular flexibility index (Phi) is 5.97. The van der Waals surface area contributed by atoms with Crippen molar-refractivity contribution in [3.8, 4) is 11.4 Å². The van der Waals surface area contributed by atoms with E-state index in [1.165, 1.54) is 11.8 Å². The second-order valence-corrected chi connectivity index (χ2v) is 8.59. The molecular formula is C26H21N5O2S. The van der Waals surface area contributed by atoms with Crippen molar-refractivity contribution in [3.63, 3.8) is 0 Å². The molecule has 1 N–H and O–H groups in total. The molecular weight excluding hydrogens is 446 g/mol. The van der Waals surface area contributed by atoms with Gasteiger partial charge in [-0.05, 0) is 43.3 Å². The highest BCUT2D eigenvalue weighted by Crippen LogP contribution is 2.22. The third kappa shape index (κ3) is 4.35. The molecule has 7 nitrogen and oxygen atoms in total. The number of rotatable bonds is 6. The van der Waals surface area contributed by atoms with Crippen molar-refractivity contribution >= 4 is 34.4 Å². The number of carbonyl (C=O) groups is 1. The summed E-state index contributed by atoms with van der Waals surface area (Å²) < 4.78 is 3.25. The summed E-state index contributed by atoms with van der Waals surface area (Å²) in [6.45, 7) is 1.88. The Morgan fingerprint density at radius 2 is 1.56 bits per heavy atom. The van der Waals surface area contributed by atoms with Crippen LogP contribution in [-0.4, -0.2) is 31.0 Å². The summed E-state index contributed by atoms with van der Waals surface area (Å²) in [5, 5.41) is 8.41. The van der Waals surface area contributed by atoms with Gasteiger partial charge >= 0.3 is 0 Å². The first kappa shape index (κ1) is 21.7. The first-order valence-corrected chi connectivity index (χ1v) is 11.7. The maximum atomic E-state index is 13.3. The van der Waals surface area contributed by atoms with Crippen molar-refractivity contribution in [2.75, 3.05) is 11.1 Å². The molecule has 0 aliphatic heterocycles. The minimum Gasteiger partial charge on any atom is -0.310 e. The van der Waals surface area contributed by atoms with Crippen LogP contribution in [0.4, 0.5) is 5.82 Å². The minimum absolute atomic E-state index is 0.0800. The number of aryl methyl sites for hydroxylation is 1. The fraction of sp³-hybridized carbons (Fsp3) is 0.0769. The standard InChI is InChI=1S/C26H21N5O2S/c1-18-16-23(31(29-18)20-12-6-3-7-13-20)28-24(32)17-34-26-27-22-15-9-8-14-21(22)25(33)30(26)19-10-4-2-5-11-19/h2-16H,17H2,1H3,(H,28,32). The number of amides is 1. The topological polar surface area (TPSA) is 81.8 Å². The normalized spacial score (nSPS) is 11.0. The first-order chi connectivity index (χ1) is 16.6. The highest BCUT2D eigenvalue weighted by atomic mass is 32.2. The molecule has 0 aliphatic rings. The molecule has 0 unspecified atom stereocenters. The van der Waals surface area contributed by atoms with Crippen LogP contribution in [0.25, 0.3) is 22.3 Å². The van der Waals surface area contributed by atoms with Gasteiger partial charge in [-0.2, -0.15) is 5.10 Å². The predicted molar refractivity (Wildman–Crippen MR) is 135 cm³/mol. The van der Waals surface area contributed by atoms with Gasteiger partial charge in [-0.1, -0.05) is 60.3 Å². The molecule has 34 heavy (non-hydrogen) atoms. The number of benzene rings is 3. The lowest BCUT2D eigenvalue weighted by atomic mass is 10.2. The first-order valence-electron chi connectivity index (χ1n) is 10.7. The van der Waals surface area contributed by atoms with E-state index < -0.39 is 0 Å². The summed E-state index contributed by atoms with van der Waals surface area (Å²) in [6.07, 6.45) is 0. The Morgan fingerprint density at radius 3 is 2.29 bits per heavy atom. The zero-order valence-corrected chi connectivity index (χ0v) is 19.2. The summed E-state index contributed by atoms with van der Waals surface area (Å²) in [5.74, 6) is 0.446.